The van der Waals surface area contributed by atoms with Crippen molar-refractivity contribution in [3.63, 3.8) is 0 Å². The largest absolute Gasteiger partial charge is 0.300 e. The zero-order valence-electron chi connectivity index (χ0n) is 9.35. The SMILES string of the molecule is CC(C)N1CCC(C2=CN=C(Br)S2(=O)=O)C1. The van der Waals surface area contributed by atoms with Crippen LogP contribution in [-0.2, 0) is 9.84 Å². The number of sulfone groups is 1. The van der Waals surface area contributed by atoms with E-state index in [0.29, 0.717) is 10.9 Å². The minimum absolute atomic E-state index is 0.0537. The molecular formula is C10H15BrN2O2S. The van der Waals surface area contributed by atoms with Crippen LogP contribution in [-0.4, -0.2) is 36.4 Å². The molecule has 1 fully saturated rings. The maximum Gasteiger partial charge on any atom is 0.228 e. The van der Waals surface area contributed by atoms with Crippen LogP contribution in [0, 0.1) is 5.92 Å². The molecule has 0 amide bonds. The predicted octanol–water partition coefficient (Wildman–Crippen LogP) is 1.74. The minimum atomic E-state index is -3.30. The summed E-state index contributed by atoms with van der Waals surface area (Å²) in [7, 11) is -3.30. The quantitative estimate of drug-likeness (QED) is 0.781. The number of halogens is 1. The van der Waals surface area contributed by atoms with Crippen molar-refractivity contribution in [2.24, 2.45) is 10.9 Å². The van der Waals surface area contributed by atoms with Crippen molar-refractivity contribution in [3.8, 4) is 0 Å². The van der Waals surface area contributed by atoms with Gasteiger partial charge in [0.1, 0.15) is 0 Å². The first kappa shape index (κ1) is 12.3. The highest BCUT2D eigenvalue weighted by atomic mass is 79.9. The number of nitrogens with zero attached hydrogens (tertiary/aromatic N) is 2. The first-order valence-corrected chi connectivity index (χ1v) is 7.63. The van der Waals surface area contributed by atoms with Gasteiger partial charge in [0, 0.05) is 24.7 Å². The lowest BCUT2D eigenvalue weighted by Crippen LogP contribution is -2.29. The lowest BCUT2D eigenvalue weighted by atomic mass is 10.1. The average Bonchev–Trinajstić information content (AvgIpc) is 2.74. The van der Waals surface area contributed by atoms with Gasteiger partial charge in [-0.15, -0.1) is 0 Å². The zero-order valence-corrected chi connectivity index (χ0v) is 11.8. The number of likely N-dealkylation sites (tertiary alicyclic amines) is 1. The first-order valence-electron chi connectivity index (χ1n) is 5.35. The molecule has 2 rings (SSSR count). The molecule has 0 aliphatic carbocycles. The second-order valence-electron chi connectivity index (χ2n) is 4.49. The fourth-order valence-corrected chi connectivity index (χ4v) is 4.04. The summed E-state index contributed by atoms with van der Waals surface area (Å²) >= 11 is 2.99. The van der Waals surface area contributed by atoms with E-state index in [1.807, 2.05) is 0 Å². The molecule has 0 N–H and O–H groups in total. The van der Waals surface area contributed by atoms with Gasteiger partial charge in [-0.3, -0.25) is 0 Å². The van der Waals surface area contributed by atoms with Crippen LogP contribution in [0.1, 0.15) is 20.3 Å². The Hall–Kier alpha value is -0.200. The molecule has 16 heavy (non-hydrogen) atoms. The number of aliphatic imine (C=N–C) groups is 1. The van der Waals surface area contributed by atoms with Crippen LogP contribution < -0.4 is 0 Å². The molecule has 2 heterocycles. The van der Waals surface area contributed by atoms with Gasteiger partial charge in [0.25, 0.3) is 0 Å². The molecule has 1 unspecified atom stereocenters. The van der Waals surface area contributed by atoms with E-state index in [2.05, 4.69) is 39.7 Å². The maximum atomic E-state index is 11.9. The molecule has 0 radical (unpaired) electrons. The summed E-state index contributed by atoms with van der Waals surface area (Å²) in [6.07, 6.45) is 2.40. The van der Waals surface area contributed by atoms with Crippen molar-refractivity contribution in [2.45, 2.75) is 26.3 Å². The fraction of sp³-hybridized carbons (Fsp3) is 0.700. The Balaban J connectivity index is 2.14. The van der Waals surface area contributed by atoms with E-state index in [4.69, 9.17) is 0 Å². The van der Waals surface area contributed by atoms with E-state index < -0.39 is 9.84 Å². The topological polar surface area (TPSA) is 49.7 Å². The maximum absolute atomic E-state index is 11.9. The Kier molecular flexibility index (Phi) is 3.25. The highest BCUT2D eigenvalue weighted by Gasteiger charge is 2.37. The number of rotatable bonds is 2. The Labute approximate surface area is 104 Å². The second-order valence-corrected chi connectivity index (χ2v) is 7.63. The van der Waals surface area contributed by atoms with Gasteiger partial charge in [-0.25, -0.2) is 13.4 Å². The summed E-state index contributed by atoms with van der Waals surface area (Å²) in [5.41, 5.74) is 0. The highest BCUT2D eigenvalue weighted by Crippen LogP contribution is 2.33. The average molecular weight is 307 g/mol. The molecule has 2 aliphatic heterocycles. The van der Waals surface area contributed by atoms with Crippen molar-refractivity contribution < 1.29 is 8.42 Å². The standard InChI is InChI=1S/C10H15BrN2O2S/c1-7(2)13-4-3-8(6-13)9-5-12-10(11)16(9,14)15/h5,7-8H,3-4,6H2,1-2H3. The lowest BCUT2D eigenvalue weighted by molar-refractivity contribution is 0.270. The van der Waals surface area contributed by atoms with Crippen molar-refractivity contribution >= 4 is 29.7 Å². The smallest absolute Gasteiger partial charge is 0.228 e. The van der Waals surface area contributed by atoms with Crippen LogP contribution in [0.2, 0.25) is 0 Å². The molecule has 4 nitrogen and oxygen atoms in total. The van der Waals surface area contributed by atoms with E-state index in [0.717, 1.165) is 19.5 Å². The molecule has 0 aromatic carbocycles. The Morgan fingerprint density at radius 3 is 2.69 bits per heavy atom. The van der Waals surface area contributed by atoms with E-state index in [1.54, 1.807) is 0 Å². The fourth-order valence-electron chi connectivity index (χ4n) is 2.16. The Morgan fingerprint density at radius 2 is 2.25 bits per heavy atom. The molecule has 6 heteroatoms. The van der Waals surface area contributed by atoms with Gasteiger partial charge in [-0.1, -0.05) is 0 Å². The van der Waals surface area contributed by atoms with Crippen molar-refractivity contribution in [1.29, 1.82) is 0 Å². The molecule has 90 valence electrons. The van der Waals surface area contributed by atoms with Gasteiger partial charge in [0.15, 0.2) is 0 Å². The number of hydrogen-bond acceptors (Lipinski definition) is 4. The monoisotopic (exact) mass is 306 g/mol. The molecule has 2 aliphatic rings. The molecule has 1 saturated heterocycles. The zero-order chi connectivity index (χ0) is 11.9. The molecule has 0 aromatic heterocycles. The second kappa shape index (κ2) is 4.23. The van der Waals surface area contributed by atoms with Crippen LogP contribution in [0.5, 0.6) is 0 Å². The lowest BCUT2D eigenvalue weighted by Gasteiger charge is -2.20. The minimum Gasteiger partial charge on any atom is -0.300 e. The highest BCUT2D eigenvalue weighted by molar-refractivity contribution is 9.21. The van der Waals surface area contributed by atoms with Crippen molar-refractivity contribution in [3.05, 3.63) is 11.1 Å². The summed E-state index contributed by atoms with van der Waals surface area (Å²) < 4.78 is 23.8. The van der Waals surface area contributed by atoms with Crippen LogP contribution in [0.3, 0.4) is 0 Å². The third-order valence-corrected chi connectivity index (χ3v) is 6.27. The van der Waals surface area contributed by atoms with Crippen LogP contribution >= 0.6 is 15.9 Å². The first-order chi connectivity index (χ1) is 7.43. The predicted molar refractivity (Wildman–Crippen MR) is 68.2 cm³/mol. The van der Waals surface area contributed by atoms with Gasteiger partial charge in [0.2, 0.25) is 13.8 Å². The van der Waals surface area contributed by atoms with Crippen molar-refractivity contribution in [1.82, 2.24) is 4.90 Å². The molecule has 0 bridgehead atoms. The third kappa shape index (κ3) is 1.98. The summed E-state index contributed by atoms with van der Waals surface area (Å²) in [5, 5.41) is 0. The Morgan fingerprint density at radius 1 is 1.56 bits per heavy atom. The van der Waals surface area contributed by atoms with E-state index in [1.165, 1.54) is 6.20 Å². The molecule has 0 saturated carbocycles. The van der Waals surface area contributed by atoms with Gasteiger partial charge in [-0.2, -0.15) is 0 Å². The van der Waals surface area contributed by atoms with Crippen LogP contribution in [0.25, 0.3) is 0 Å². The van der Waals surface area contributed by atoms with Crippen LogP contribution in [0.15, 0.2) is 16.1 Å². The van der Waals surface area contributed by atoms with Crippen molar-refractivity contribution in [2.75, 3.05) is 13.1 Å². The van der Waals surface area contributed by atoms with Gasteiger partial charge in [0.05, 0.1) is 4.91 Å². The van der Waals surface area contributed by atoms with E-state index in [9.17, 15) is 8.42 Å². The van der Waals surface area contributed by atoms with Gasteiger partial charge in [-0.05, 0) is 42.7 Å². The normalized spacial score (nSPS) is 29.6. The summed E-state index contributed by atoms with van der Waals surface area (Å²) in [5.74, 6) is 0.103. The third-order valence-electron chi connectivity index (χ3n) is 3.18. The molecule has 0 spiro atoms. The van der Waals surface area contributed by atoms with Crippen LogP contribution in [0.4, 0.5) is 0 Å². The van der Waals surface area contributed by atoms with Gasteiger partial charge < -0.3 is 4.90 Å². The summed E-state index contributed by atoms with van der Waals surface area (Å²) in [6, 6.07) is 0.471. The van der Waals surface area contributed by atoms with E-state index >= 15 is 0 Å². The number of hydrogen-bond donors (Lipinski definition) is 0. The molecule has 0 aromatic rings. The molecule has 1 atom stereocenters. The van der Waals surface area contributed by atoms with Gasteiger partial charge >= 0.3 is 0 Å². The molecular weight excluding hydrogens is 292 g/mol. The Bertz CT molecular complexity index is 453. The van der Waals surface area contributed by atoms with E-state index in [-0.39, 0.29) is 9.87 Å². The summed E-state index contributed by atoms with van der Waals surface area (Å²) in [6.45, 7) is 6.05. The summed E-state index contributed by atoms with van der Waals surface area (Å²) in [4.78, 5) is 6.62.